The molecule has 0 aromatic heterocycles. The normalized spacial score (nSPS) is 45.2. The van der Waals surface area contributed by atoms with Gasteiger partial charge in [-0.2, -0.15) is 0 Å². The van der Waals surface area contributed by atoms with E-state index in [0.717, 1.165) is 12.8 Å². The number of esters is 1. The van der Waals surface area contributed by atoms with Crippen LogP contribution in [0.2, 0.25) is 0 Å². The molecule has 0 spiro atoms. The van der Waals surface area contributed by atoms with Gasteiger partial charge in [0.2, 0.25) is 0 Å². The predicted molar refractivity (Wildman–Crippen MR) is 237 cm³/mol. The number of rotatable bonds is 3. The van der Waals surface area contributed by atoms with Crippen LogP contribution in [0, 0.1) is 17.8 Å². The highest BCUT2D eigenvalue weighted by Crippen LogP contribution is 2.38. The van der Waals surface area contributed by atoms with E-state index in [9.17, 15) is 65.8 Å². The molecule has 0 saturated carbocycles. The number of fused-ring (bicyclic) bond motifs is 2. The number of ether oxygens (including phenoxy) is 4. The molecule has 3 aliphatic rings. The molecule has 0 aromatic rings. The van der Waals surface area contributed by atoms with Gasteiger partial charge >= 0.3 is 11.9 Å². The first-order valence-electron chi connectivity index (χ1n) is 22.6. The van der Waals surface area contributed by atoms with Gasteiger partial charge in [-0.3, -0.25) is 9.59 Å². The van der Waals surface area contributed by atoms with E-state index < -0.39 is 141 Å². The van der Waals surface area contributed by atoms with Crippen molar-refractivity contribution < 1.29 is 84.7 Å². The minimum atomic E-state index is -2.35. The number of aliphatic hydroxyl groups is 10. The van der Waals surface area contributed by atoms with Gasteiger partial charge in [-0.15, -0.1) is 0 Å². The molecule has 2 bridgehead atoms. The molecule has 18 heteroatoms. The molecule has 19 atom stereocenters. The molecule has 0 radical (unpaired) electrons. The van der Waals surface area contributed by atoms with E-state index in [-0.39, 0.29) is 38.0 Å². The van der Waals surface area contributed by atoms with Crippen molar-refractivity contribution in [3.63, 3.8) is 0 Å². The summed E-state index contributed by atoms with van der Waals surface area (Å²) in [7, 11) is 0. The van der Waals surface area contributed by atoms with Crippen molar-refractivity contribution in [3.8, 4) is 0 Å². The first-order chi connectivity index (χ1) is 30.6. The van der Waals surface area contributed by atoms with Gasteiger partial charge in [0.05, 0.1) is 79.6 Å². The molecular formula is C47H75NO17. The van der Waals surface area contributed by atoms with Crippen LogP contribution < -0.4 is 5.73 Å². The molecule has 2 saturated heterocycles. The Morgan fingerprint density at radius 3 is 1.94 bits per heavy atom. The lowest BCUT2D eigenvalue weighted by atomic mass is 9.82. The van der Waals surface area contributed by atoms with Gasteiger partial charge in [0, 0.05) is 31.1 Å². The molecule has 3 heterocycles. The lowest BCUT2D eigenvalue weighted by Gasteiger charge is -2.45. The van der Waals surface area contributed by atoms with Crippen LogP contribution in [0.25, 0.3) is 0 Å². The first kappa shape index (κ1) is 56.1. The van der Waals surface area contributed by atoms with E-state index in [1.54, 1.807) is 38.2 Å². The van der Waals surface area contributed by atoms with E-state index in [2.05, 4.69) is 0 Å². The molecule has 0 amide bonds. The second kappa shape index (κ2) is 27.6. The summed E-state index contributed by atoms with van der Waals surface area (Å²) in [5.74, 6) is -6.82. The predicted octanol–water partition coefficient (Wildman–Crippen LogP) is 0.936. The van der Waals surface area contributed by atoms with E-state index in [1.165, 1.54) is 13.0 Å². The molecule has 0 aliphatic carbocycles. The Kier molecular flexibility index (Phi) is 23.8. The largest absolute Gasteiger partial charge is 0.481 e. The number of nitrogens with two attached hydrogens (primary N) is 1. The zero-order chi connectivity index (χ0) is 48.4. The minimum absolute atomic E-state index is 0.138. The van der Waals surface area contributed by atoms with Gasteiger partial charge in [0.25, 0.3) is 0 Å². The zero-order valence-electron chi connectivity index (χ0n) is 37.8. The maximum atomic E-state index is 12.6. The molecule has 0 unspecified atom stereocenters. The fourth-order valence-electron chi connectivity index (χ4n) is 8.11. The standard InChI is InChI=1S/C47H75NO17/c1-27-17-15-13-11-9-7-5-6-8-10-12-14-16-18-34(64-46-44(58)41(48)43(57)30(4)63-46)24-38-40(45(59)60)37(54)26-47(61,65-38)25-36(53)35(52)20-19-31(49)21-32(50)22-33(51)23-39(55)62-29(3)28(2)42(27)56/h5-6,8,10-18,27-38,40-44,46,49-54,56-58,61H,7,9,19-26,48H2,1-4H3,(H,59,60)/b6-5+,10-8+,13-11+,14-12+,17-15+,18-16+/t27-,28-,29-,30+,31+,32+,33+,34+,35-,36+,37-,38+,40+,41-,42+,43+,44-,46+,47+/m0/s1. The van der Waals surface area contributed by atoms with E-state index in [1.807, 2.05) is 49.5 Å². The number of hydrogen-bond acceptors (Lipinski definition) is 17. The maximum Gasteiger partial charge on any atom is 0.311 e. The first-order valence-corrected chi connectivity index (χ1v) is 22.6. The summed E-state index contributed by atoms with van der Waals surface area (Å²) in [5.41, 5.74) is 6.02. The van der Waals surface area contributed by atoms with Gasteiger partial charge in [-0.25, -0.2) is 0 Å². The average molecular weight is 926 g/mol. The van der Waals surface area contributed by atoms with Crippen LogP contribution >= 0.6 is 0 Å². The minimum Gasteiger partial charge on any atom is -0.481 e. The summed E-state index contributed by atoms with van der Waals surface area (Å²) in [5, 5.41) is 118. The van der Waals surface area contributed by atoms with Gasteiger partial charge in [-0.05, 0) is 52.4 Å². The van der Waals surface area contributed by atoms with Crippen molar-refractivity contribution in [1.82, 2.24) is 0 Å². The molecule has 13 N–H and O–H groups in total. The number of hydrogen-bond donors (Lipinski definition) is 12. The number of carboxylic acid groups (broad SMARTS) is 1. The Morgan fingerprint density at radius 2 is 1.28 bits per heavy atom. The van der Waals surface area contributed by atoms with Crippen molar-refractivity contribution >= 4 is 11.9 Å². The number of carbonyl (C=O) groups is 2. The van der Waals surface area contributed by atoms with E-state index in [0.29, 0.717) is 0 Å². The molecule has 0 aromatic carbocycles. The van der Waals surface area contributed by atoms with E-state index >= 15 is 0 Å². The average Bonchev–Trinajstić information content (AvgIpc) is 3.21. The third-order valence-corrected chi connectivity index (χ3v) is 12.2. The topological polar surface area (TPSA) is 320 Å². The lowest BCUT2D eigenvalue weighted by molar-refractivity contribution is -0.310. The fraction of sp³-hybridized carbons (Fsp3) is 0.702. The second-order valence-corrected chi connectivity index (χ2v) is 17.8. The van der Waals surface area contributed by atoms with Gasteiger partial charge in [0.1, 0.15) is 18.1 Å². The summed E-state index contributed by atoms with van der Waals surface area (Å²) in [6.45, 7) is 6.78. The smallest absolute Gasteiger partial charge is 0.311 e. The molecule has 65 heavy (non-hydrogen) atoms. The van der Waals surface area contributed by atoms with Crippen molar-refractivity contribution in [2.24, 2.45) is 23.5 Å². The third kappa shape index (κ3) is 18.8. The molecule has 3 aliphatic heterocycles. The van der Waals surface area contributed by atoms with Crippen molar-refractivity contribution in [2.75, 3.05) is 0 Å². The summed E-state index contributed by atoms with van der Waals surface area (Å²) < 4.78 is 23.2. The molecule has 18 nitrogen and oxygen atoms in total. The molecule has 3 rings (SSSR count). The van der Waals surface area contributed by atoms with Crippen LogP contribution in [0.3, 0.4) is 0 Å². The van der Waals surface area contributed by atoms with Crippen LogP contribution in [0.4, 0.5) is 0 Å². The van der Waals surface area contributed by atoms with Crippen molar-refractivity contribution in [1.29, 1.82) is 0 Å². The second-order valence-electron chi connectivity index (χ2n) is 17.8. The summed E-state index contributed by atoms with van der Waals surface area (Å²) in [6.07, 6.45) is 2.28. The van der Waals surface area contributed by atoms with Crippen LogP contribution in [0.15, 0.2) is 72.9 Å². The van der Waals surface area contributed by atoms with Gasteiger partial charge in [-0.1, -0.05) is 86.8 Å². The number of carbonyl (C=O) groups excluding carboxylic acids is 1. The highest BCUT2D eigenvalue weighted by atomic mass is 16.7. The van der Waals surface area contributed by atoms with Crippen LogP contribution in [-0.2, 0) is 28.5 Å². The highest BCUT2D eigenvalue weighted by Gasteiger charge is 2.51. The quantitative estimate of drug-likeness (QED) is 0.175. The number of allylic oxidation sites excluding steroid dienone is 10. The van der Waals surface area contributed by atoms with Crippen molar-refractivity contribution in [2.45, 2.75) is 189 Å². The fourth-order valence-corrected chi connectivity index (χ4v) is 8.11. The Hall–Kier alpha value is -3.18. The highest BCUT2D eigenvalue weighted by molar-refractivity contribution is 5.71. The number of carboxylic acids is 1. The Morgan fingerprint density at radius 1 is 0.692 bits per heavy atom. The summed E-state index contributed by atoms with van der Waals surface area (Å²) in [4.78, 5) is 25.1. The molecular weight excluding hydrogens is 851 g/mol. The zero-order valence-corrected chi connectivity index (χ0v) is 37.8. The Balaban J connectivity index is 1.84. The number of aliphatic carboxylic acids is 1. The molecule has 2 fully saturated rings. The lowest BCUT2D eigenvalue weighted by Crippen LogP contribution is -2.61. The monoisotopic (exact) mass is 926 g/mol. The summed E-state index contributed by atoms with van der Waals surface area (Å²) in [6, 6.07) is -1.14. The maximum absolute atomic E-state index is 12.6. The number of aliphatic hydroxyl groups excluding tert-OH is 9. The SMILES string of the molecule is C[C@@H]1[C@H](O)[C@@H](C)/C=C/C=C/CC/C=C/C=C/C=C/C=C/[C@@H](O[C@H]2O[C@H](C)[C@@H](O)[C@H](N)[C@@H]2O)C[C@H]2O[C@](O)(C[C@@H](O)[C@@H](O)CC[C@@H](O)C[C@@H](O)C[C@@H](O)CC(=O)O[C@H]1C)C[C@H](O)[C@H]2C(=O)O. The molecule has 370 valence electrons. The van der Waals surface area contributed by atoms with Crippen LogP contribution in [0.1, 0.15) is 91.9 Å². The third-order valence-electron chi connectivity index (χ3n) is 12.2. The van der Waals surface area contributed by atoms with Crippen LogP contribution in [-0.4, -0.2) is 166 Å². The van der Waals surface area contributed by atoms with Crippen molar-refractivity contribution in [3.05, 3.63) is 72.9 Å². The Bertz CT molecular complexity index is 1620. The summed E-state index contributed by atoms with van der Waals surface area (Å²) >= 11 is 0. The Labute approximate surface area is 381 Å². The van der Waals surface area contributed by atoms with Crippen LogP contribution in [0.5, 0.6) is 0 Å². The van der Waals surface area contributed by atoms with Gasteiger partial charge < -0.3 is 80.9 Å². The number of cyclic esters (lactones) is 1. The van der Waals surface area contributed by atoms with Gasteiger partial charge in [0.15, 0.2) is 12.1 Å². The van der Waals surface area contributed by atoms with E-state index in [4.69, 9.17) is 24.7 Å².